The van der Waals surface area contributed by atoms with Crippen molar-refractivity contribution in [3.8, 4) is 5.75 Å². The molecule has 1 aliphatic heterocycles. The Labute approximate surface area is 229 Å². The summed E-state index contributed by atoms with van der Waals surface area (Å²) in [6.45, 7) is 2.92. The number of aryl methyl sites for hydroxylation is 1. The Balaban J connectivity index is 1.47. The maximum Gasteiger partial charge on any atom is 0.252 e. The monoisotopic (exact) mass is 522 g/mol. The van der Waals surface area contributed by atoms with E-state index in [0.717, 1.165) is 18.4 Å². The van der Waals surface area contributed by atoms with Crippen LogP contribution in [0.2, 0.25) is 0 Å². The van der Waals surface area contributed by atoms with E-state index in [2.05, 4.69) is 60.9 Å². The first-order valence-corrected chi connectivity index (χ1v) is 13.6. The normalized spacial score (nSPS) is 26.8. The molecule has 39 heavy (non-hydrogen) atoms. The molecule has 1 saturated carbocycles. The highest BCUT2D eigenvalue weighted by Gasteiger charge is 2.70. The van der Waals surface area contributed by atoms with Crippen molar-refractivity contribution in [3.05, 3.63) is 107 Å². The Morgan fingerprint density at radius 1 is 1.00 bits per heavy atom. The third-order valence-corrected chi connectivity index (χ3v) is 9.38. The lowest BCUT2D eigenvalue weighted by Crippen LogP contribution is -2.62. The van der Waals surface area contributed by atoms with Gasteiger partial charge in [0.05, 0.1) is 19.6 Å². The zero-order valence-electron chi connectivity index (χ0n) is 22.6. The van der Waals surface area contributed by atoms with Crippen LogP contribution >= 0.6 is 0 Å². The van der Waals surface area contributed by atoms with Crippen LogP contribution in [0.15, 0.2) is 78.9 Å². The number of fused-ring (bicyclic) bond motifs is 1. The third-order valence-electron chi connectivity index (χ3n) is 9.38. The lowest BCUT2D eigenvalue weighted by molar-refractivity contribution is -0.150. The molecule has 3 aromatic carbocycles. The second-order valence-electron chi connectivity index (χ2n) is 11.0. The first kappa shape index (κ1) is 25.4. The van der Waals surface area contributed by atoms with E-state index in [9.17, 15) is 9.59 Å². The summed E-state index contributed by atoms with van der Waals surface area (Å²) in [4.78, 5) is 34.8. The second kappa shape index (κ2) is 9.69. The quantitative estimate of drug-likeness (QED) is 0.365. The molecule has 6 heteroatoms. The van der Waals surface area contributed by atoms with Gasteiger partial charge >= 0.3 is 0 Å². The molecule has 1 saturated heterocycles. The first-order chi connectivity index (χ1) is 19.0. The molecule has 3 aliphatic carbocycles. The van der Waals surface area contributed by atoms with Crippen molar-refractivity contribution >= 4 is 17.9 Å². The maximum absolute atomic E-state index is 14.1. The molecule has 0 radical (unpaired) electrons. The fourth-order valence-electron chi connectivity index (χ4n) is 7.76. The topological polar surface area (TPSA) is 67.9 Å². The summed E-state index contributed by atoms with van der Waals surface area (Å²) >= 11 is 0. The Morgan fingerprint density at radius 2 is 1.74 bits per heavy atom. The van der Waals surface area contributed by atoms with Crippen LogP contribution in [0.3, 0.4) is 0 Å². The number of likely N-dealkylation sites (tertiary alicyclic amines) is 1. The molecule has 200 valence electrons. The number of rotatable bonds is 6. The summed E-state index contributed by atoms with van der Waals surface area (Å²) in [6, 6.07) is 24.9. The van der Waals surface area contributed by atoms with E-state index in [1.807, 2.05) is 29.2 Å². The van der Waals surface area contributed by atoms with E-state index < -0.39 is 5.41 Å². The second-order valence-corrected chi connectivity index (χ2v) is 11.0. The van der Waals surface area contributed by atoms with Gasteiger partial charge in [0, 0.05) is 42.0 Å². The van der Waals surface area contributed by atoms with Crippen molar-refractivity contribution in [2.24, 2.45) is 11.3 Å². The molecule has 1 heterocycles. The number of carbonyl (C=O) groups is 2. The minimum atomic E-state index is -0.804. The van der Waals surface area contributed by atoms with E-state index >= 15 is 0 Å². The Bertz CT molecular complexity index is 1450. The molecule has 6 nitrogen and oxygen atoms in total. The molecule has 2 fully saturated rings. The number of hydrogen-bond acceptors (Lipinski definition) is 4. The highest BCUT2D eigenvalue weighted by molar-refractivity contribution is 5.94. The highest BCUT2D eigenvalue weighted by Crippen LogP contribution is 2.68. The molecular formula is C33H34N2O4. The van der Waals surface area contributed by atoms with Gasteiger partial charge in [-0.25, -0.2) is 5.48 Å². The number of amides is 2. The van der Waals surface area contributed by atoms with Gasteiger partial charge in [-0.3, -0.25) is 14.4 Å². The van der Waals surface area contributed by atoms with Crippen molar-refractivity contribution in [3.63, 3.8) is 0 Å². The van der Waals surface area contributed by atoms with Gasteiger partial charge < -0.3 is 9.64 Å². The number of hydrogen-bond donors (Lipinski definition) is 1. The van der Waals surface area contributed by atoms with Crippen LogP contribution in [0, 0.1) is 18.3 Å². The predicted octanol–water partition coefficient (Wildman–Crippen LogP) is 5.02. The van der Waals surface area contributed by atoms with Crippen LogP contribution in [-0.2, 0) is 19.8 Å². The predicted molar refractivity (Wildman–Crippen MR) is 150 cm³/mol. The fourth-order valence-corrected chi connectivity index (χ4v) is 7.76. The standard InChI is InChI=1S/C33H34N2O4/c1-22-12-15-24(16-13-22)32-19-18-27(25-9-5-6-10-26(25)32)33(31(37)34-39-3)21-35(20-29(32)33)30(36)17-14-23-8-4-7-11-28(23)38-2/h4-17,27,29H,18-21H2,1-3H3,(H,34,37)/b17-14+/t27-,29-,32-,33-/m0/s1. The van der Waals surface area contributed by atoms with Crippen LogP contribution in [0.5, 0.6) is 5.75 Å². The average molecular weight is 523 g/mol. The lowest BCUT2D eigenvalue weighted by atomic mass is 9.42. The van der Waals surface area contributed by atoms with Crippen molar-refractivity contribution in [2.45, 2.75) is 31.1 Å². The molecule has 0 spiro atoms. The Kier molecular flexibility index (Phi) is 6.31. The lowest BCUT2D eigenvalue weighted by Gasteiger charge is -2.60. The van der Waals surface area contributed by atoms with Gasteiger partial charge in [-0.2, -0.15) is 0 Å². The highest BCUT2D eigenvalue weighted by atomic mass is 16.6. The molecule has 0 aromatic heterocycles. The van der Waals surface area contributed by atoms with Crippen LogP contribution in [-0.4, -0.2) is 44.0 Å². The van der Waals surface area contributed by atoms with E-state index in [1.54, 1.807) is 19.3 Å². The minimum Gasteiger partial charge on any atom is -0.496 e. The summed E-state index contributed by atoms with van der Waals surface area (Å²) in [6.07, 6.45) is 5.20. The van der Waals surface area contributed by atoms with E-state index in [-0.39, 0.29) is 29.1 Å². The number of methoxy groups -OCH3 is 1. The zero-order valence-corrected chi connectivity index (χ0v) is 22.6. The number of nitrogens with one attached hydrogen (secondary N) is 1. The van der Waals surface area contributed by atoms with Crippen molar-refractivity contribution in [1.29, 1.82) is 0 Å². The van der Waals surface area contributed by atoms with Crippen LogP contribution < -0.4 is 10.2 Å². The molecule has 1 N–H and O–H groups in total. The summed E-state index contributed by atoms with van der Waals surface area (Å²) in [5.74, 6) is 0.355. The number of hydroxylamine groups is 1. The molecule has 2 amide bonds. The molecule has 2 bridgehead atoms. The molecule has 3 aromatic rings. The van der Waals surface area contributed by atoms with E-state index in [1.165, 1.54) is 29.4 Å². The van der Waals surface area contributed by atoms with Crippen LogP contribution in [0.1, 0.15) is 46.6 Å². The number of para-hydroxylation sites is 1. The van der Waals surface area contributed by atoms with Gasteiger partial charge in [0.15, 0.2) is 0 Å². The average Bonchev–Trinajstić information content (AvgIpc) is 3.41. The van der Waals surface area contributed by atoms with Crippen molar-refractivity contribution < 1.29 is 19.2 Å². The van der Waals surface area contributed by atoms with Crippen molar-refractivity contribution in [1.82, 2.24) is 10.4 Å². The third kappa shape index (κ3) is 3.73. The summed E-state index contributed by atoms with van der Waals surface area (Å²) < 4.78 is 5.45. The first-order valence-electron chi connectivity index (χ1n) is 13.6. The number of carbonyl (C=O) groups excluding carboxylic acids is 2. The molecule has 4 aliphatic rings. The van der Waals surface area contributed by atoms with Gasteiger partial charge in [-0.1, -0.05) is 72.3 Å². The number of benzene rings is 3. The summed E-state index contributed by atoms with van der Waals surface area (Å²) in [5, 5.41) is 0. The molecule has 4 atom stereocenters. The summed E-state index contributed by atoms with van der Waals surface area (Å²) in [7, 11) is 3.10. The Hall–Kier alpha value is -3.90. The van der Waals surface area contributed by atoms with Gasteiger partial charge in [0.2, 0.25) is 5.91 Å². The molecule has 0 unspecified atom stereocenters. The SMILES string of the molecule is CONC(=O)[C@]12CN(C(=O)/C=C/c3ccccc3OC)C[C@H]1[C@]1(c3ccc(C)cc3)CC[C@H]2c2ccccc21. The minimum absolute atomic E-state index is 0.00262. The Morgan fingerprint density at radius 3 is 2.51 bits per heavy atom. The molecule has 7 rings (SSSR count). The van der Waals surface area contributed by atoms with Crippen LogP contribution in [0.25, 0.3) is 6.08 Å². The fraction of sp³-hybridized carbons (Fsp3) is 0.333. The summed E-state index contributed by atoms with van der Waals surface area (Å²) in [5.41, 5.74) is 7.24. The smallest absolute Gasteiger partial charge is 0.252 e. The van der Waals surface area contributed by atoms with Gasteiger partial charge in [-0.15, -0.1) is 0 Å². The number of ether oxygens (including phenoxy) is 1. The maximum atomic E-state index is 14.1. The van der Waals surface area contributed by atoms with Gasteiger partial charge in [0.1, 0.15) is 5.75 Å². The molecular weight excluding hydrogens is 488 g/mol. The largest absolute Gasteiger partial charge is 0.496 e. The van der Waals surface area contributed by atoms with Gasteiger partial charge in [0.25, 0.3) is 5.91 Å². The van der Waals surface area contributed by atoms with Gasteiger partial charge in [-0.05, 0) is 48.6 Å². The van der Waals surface area contributed by atoms with Crippen molar-refractivity contribution in [2.75, 3.05) is 27.3 Å². The number of nitrogens with zero attached hydrogens (tertiary/aromatic N) is 1. The van der Waals surface area contributed by atoms with Crippen LogP contribution in [0.4, 0.5) is 0 Å². The van der Waals surface area contributed by atoms with E-state index in [0.29, 0.717) is 18.8 Å². The van der Waals surface area contributed by atoms with E-state index in [4.69, 9.17) is 9.57 Å². The zero-order chi connectivity index (χ0) is 27.2.